The normalized spacial score (nSPS) is 15.6. The van der Waals surface area contributed by atoms with Crippen molar-refractivity contribution in [2.45, 2.75) is 0 Å². The average Bonchev–Trinajstić information content (AvgIpc) is 2.41. The molecule has 0 saturated carbocycles. The molecule has 0 unspecified atom stereocenters. The molecular weight excluding hydrogens is 278 g/mol. The Bertz CT molecular complexity index is 417. The first-order valence-electron chi connectivity index (χ1n) is 6.53. The van der Waals surface area contributed by atoms with E-state index in [0.29, 0.717) is 6.54 Å². The Morgan fingerprint density at radius 2 is 2.00 bits per heavy atom. The summed E-state index contributed by atoms with van der Waals surface area (Å²) in [6, 6.07) is 3.86. The maximum Gasteiger partial charge on any atom is 0.238 e. The Labute approximate surface area is 125 Å². The smallest absolute Gasteiger partial charge is 0.238 e. The van der Waals surface area contributed by atoms with Crippen molar-refractivity contribution in [3.63, 3.8) is 0 Å². The molecule has 1 aliphatic rings. The molecule has 1 aliphatic heterocycles. The highest BCUT2D eigenvalue weighted by Gasteiger charge is 2.14. The van der Waals surface area contributed by atoms with Gasteiger partial charge in [-0.1, -0.05) is 0 Å². The van der Waals surface area contributed by atoms with Gasteiger partial charge in [0, 0.05) is 26.2 Å². The van der Waals surface area contributed by atoms with Crippen LogP contribution in [0.4, 0.5) is 11.5 Å². The lowest BCUT2D eigenvalue weighted by atomic mass is 10.3. The fraction of sp³-hybridized carbons (Fsp3) is 0.538. The number of piperazine rings is 1. The Hall–Kier alpha value is -1.37. The van der Waals surface area contributed by atoms with E-state index in [1.54, 1.807) is 13.2 Å². The molecule has 0 aliphatic carbocycles. The van der Waals surface area contributed by atoms with Gasteiger partial charge >= 0.3 is 0 Å². The second kappa shape index (κ2) is 8.04. The summed E-state index contributed by atoms with van der Waals surface area (Å²) in [4.78, 5) is 20.4. The van der Waals surface area contributed by atoms with Crippen LogP contribution in [-0.4, -0.2) is 62.6 Å². The zero-order chi connectivity index (χ0) is 13.7. The number of carbonyl (C=O) groups excluding carboxylic acids is 1. The maximum atomic E-state index is 11.4. The van der Waals surface area contributed by atoms with Gasteiger partial charge in [0.25, 0.3) is 0 Å². The van der Waals surface area contributed by atoms with Gasteiger partial charge in [-0.15, -0.1) is 12.4 Å². The number of carbonyl (C=O) groups is 1. The molecule has 0 spiro atoms. The molecule has 2 rings (SSSR count). The van der Waals surface area contributed by atoms with Crippen molar-refractivity contribution in [1.29, 1.82) is 0 Å². The Morgan fingerprint density at radius 1 is 1.30 bits per heavy atom. The Balaban J connectivity index is 0.00000200. The number of aromatic nitrogens is 1. The Kier molecular flexibility index (Phi) is 6.70. The second-order valence-electron chi connectivity index (χ2n) is 4.77. The van der Waals surface area contributed by atoms with Gasteiger partial charge in [-0.05, 0) is 26.2 Å². The van der Waals surface area contributed by atoms with E-state index in [0.717, 1.165) is 37.7 Å². The first-order valence-corrected chi connectivity index (χ1v) is 6.53. The topological polar surface area (TPSA) is 60.5 Å². The highest BCUT2D eigenvalue weighted by Crippen LogP contribution is 2.15. The van der Waals surface area contributed by atoms with Crippen molar-refractivity contribution in [1.82, 2.24) is 15.2 Å². The standard InChI is InChI=1S/C13H21N5O.ClH/c1-14-10-13(19)16-11-3-4-12(15-9-11)18-7-5-17(2)6-8-18;/h3-4,9,14H,5-8,10H2,1-2H3,(H,16,19);1H. The number of halogens is 1. The molecule has 112 valence electrons. The largest absolute Gasteiger partial charge is 0.354 e. The lowest BCUT2D eigenvalue weighted by molar-refractivity contribution is -0.115. The number of nitrogens with one attached hydrogen (secondary N) is 2. The van der Waals surface area contributed by atoms with Crippen molar-refractivity contribution in [2.75, 3.05) is 57.0 Å². The number of pyridine rings is 1. The van der Waals surface area contributed by atoms with E-state index in [2.05, 4.69) is 32.5 Å². The molecule has 20 heavy (non-hydrogen) atoms. The summed E-state index contributed by atoms with van der Waals surface area (Å²) in [7, 11) is 3.87. The predicted molar refractivity (Wildman–Crippen MR) is 83.8 cm³/mol. The van der Waals surface area contributed by atoms with Gasteiger partial charge in [0.15, 0.2) is 0 Å². The van der Waals surface area contributed by atoms with E-state index < -0.39 is 0 Å². The van der Waals surface area contributed by atoms with Crippen LogP contribution in [0, 0.1) is 0 Å². The van der Waals surface area contributed by atoms with Crippen LogP contribution in [0.2, 0.25) is 0 Å². The second-order valence-corrected chi connectivity index (χ2v) is 4.77. The number of hydrogen-bond donors (Lipinski definition) is 2. The van der Waals surface area contributed by atoms with Crippen molar-refractivity contribution < 1.29 is 4.79 Å². The third kappa shape index (κ3) is 4.63. The molecule has 0 radical (unpaired) electrons. The lowest BCUT2D eigenvalue weighted by Crippen LogP contribution is -2.44. The molecule has 7 heteroatoms. The summed E-state index contributed by atoms with van der Waals surface area (Å²) < 4.78 is 0. The van der Waals surface area contributed by atoms with Crippen molar-refractivity contribution in [2.24, 2.45) is 0 Å². The van der Waals surface area contributed by atoms with Crippen LogP contribution in [0.1, 0.15) is 0 Å². The molecule has 6 nitrogen and oxygen atoms in total. The van der Waals surface area contributed by atoms with E-state index in [-0.39, 0.29) is 18.3 Å². The summed E-state index contributed by atoms with van der Waals surface area (Å²) in [5.74, 6) is 0.913. The molecule has 1 aromatic rings. The van der Waals surface area contributed by atoms with Crippen molar-refractivity contribution in [3.8, 4) is 0 Å². The van der Waals surface area contributed by atoms with Crippen LogP contribution in [0.3, 0.4) is 0 Å². The molecular formula is C13H22ClN5O. The Morgan fingerprint density at radius 3 is 2.55 bits per heavy atom. The molecule has 1 fully saturated rings. The van der Waals surface area contributed by atoms with Gasteiger partial charge in [-0.3, -0.25) is 4.79 Å². The predicted octanol–water partition coefficient (Wildman–Crippen LogP) is 0.413. The summed E-state index contributed by atoms with van der Waals surface area (Å²) >= 11 is 0. The van der Waals surface area contributed by atoms with Crippen LogP contribution in [0.15, 0.2) is 18.3 Å². The van der Waals surface area contributed by atoms with Gasteiger partial charge in [0.1, 0.15) is 5.82 Å². The van der Waals surface area contributed by atoms with E-state index in [4.69, 9.17) is 0 Å². The maximum absolute atomic E-state index is 11.4. The van der Waals surface area contributed by atoms with Crippen LogP contribution in [-0.2, 0) is 4.79 Å². The van der Waals surface area contributed by atoms with Crippen molar-refractivity contribution in [3.05, 3.63) is 18.3 Å². The van der Waals surface area contributed by atoms with Crippen LogP contribution in [0.25, 0.3) is 0 Å². The number of amides is 1. The van der Waals surface area contributed by atoms with E-state index >= 15 is 0 Å². The van der Waals surface area contributed by atoms with Gasteiger partial charge in [0.2, 0.25) is 5.91 Å². The van der Waals surface area contributed by atoms with Gasteiger partial charge < -0.3 is 20.4 Å². The fourth-order valence-electron chi connectivity index (χ4n) is 2.05. The van der Waals surface area contributed by atoms with Crippen LogP contribution in [0.5, 0.6) is 0 Å². The number of likely N-dealkylation sites (N-methyl/N-ethyl adjacent to an activating group) is 2. The number of hydrogen-bond acceptors (Lipinski definition) is 5. The highest BCUT2D eigenvalue weighted by atomic mass is 35.5. The summed E-state index contributed by atoms with van der Waals surface area (Å²) in [6.45, 7) is 4.41. The van der Waals surface area contributed by atoms with E-state index in [9.17, 15) is 4.79 Å². The first kappa shape index (κ1) is 16.7. The molecule has 0 bridgehead atoms. The summed E-state index contributed by atoms with van der Waals surface area (Å²) in [5.41, 5.74) is 0.734. The number of rotatable bonds is 4. The third-order valence-corrected chi connectivity index (χ3v) is 3.20. The molecule has 2 N–H and O–H groups in total. The lowest BCUT2D eigenvalue weighted by Gasteiger charge is -2.33. The zero-order valence-electron chi connectivity index (χ0n) is 11.9. The molecule has 1 saturated heterocycles. The zero-order valence-corrected chi connectivity index (χ0v) is 12.7. The van der Waals surface area contributed by atoms with Crippen molar-refractivity contribution >= 4 is 29.8 Å². The third-order valence-electron chi connectivity index (χ3n) is 3.20. The average molecular weight is 300 g/mol. The molecule has 1 amide bonds. The van der Waals surface area contributed by atoms with E-state index in [1.165, 1.54) is 0 Å². The fourth-order valence-corrected chi connectivity index (χ4v) is 2.05. The molecule has 1 aromatic heterocycles. The molecule has 0 aromatic carbocycles. The minimum atomic E-state index is -0.0587. The first-order chi connectivity index (χ1) is 9.19. The van der Waals surface area contributed by atoms with Gasteiger partial charge in [0.05, 0.1) is 18.4 Å². The quantitative estimate of drug-likeness (QED) is 0.843. The minimum Gasteiger partial charge on any atom is -0.354 e. The highest BCUT2D eigenvalue weighted by molar-refractivity contribution is 5.92. The van der Waals surface area contributed by atoms with Crippen LogP contribution < -0.4 is 15.5 Å². The minimum absolute atomic E-state index is 0. The SMILES string of the molecule is CNCC(=O)Nc1ccc(N2CCN(C)CC2)nc1.Cl. The monoisotopic (exact) mass is 299 g/mol. The van der Waals surface area contributed by atoms with E-state index in [1.807, 2.05) is 12.1 Å². The number of nitrogens with zero attached hydrogens (tertiary/aromatic N) is 3. The van der Waals surface area contributed by atoms with Crippen LogP contribution >= 0.6 is 12.4 Å². The van der Waals surface area contributed by atoms with Gasteiger partial charge in [-0.25, -0.2) is 4.98 Å². The molecule has 2 heterocycles. The summed E-state index contributed by atoms with van der Waals surface area (Å²) in [6.07, 6.45) is 1.71. The summed E-state index contributed by atoms with van der Waals surface area (Å²) in [5, 5.41) is 5.60. The number of anilines is 2. The molecule has 0 atom stereocenters. The van der Waals surface area contributed by atoms with Gasteiger partial charge in [-0.2, -0.15) is 0 Å².